The van der Waals surface area contributed by atoms with E-state index in [0.717, 1.165) is 0 Å². The minimum absolute atomic E-state index is 0.00521. The lowest BCUT2D eigenvalue weighted by molar-refractivity contribution is -0.201. The molecular weight excluding hydrogens is 398 g/mol. The molecule has 1 fully saturated rings. The topological polar surface area (TPSA) is 140 Å². The number of nitrogens with zero attached hydrogens (tertiary/aromatic N) is 1. The third kappa shape index (κ3) is 10.4. The van der Waals surface area contributed by atoms with Gasteiger partial charge in [-0.05, 0) is 12.5 Å². The summed E-state index contributed by atoms with van der Waals surface area (Å²) in [6.07, 6.45) is -0.201. The molecule has 1 aliphatic rings. The minimum Gasteiger partial charge on any atom is -0.364 e. The molecule has 0 aromatic carbocycles. The highest BCUT2D eigenvalue weighted by Gasteiger charge is 2.33. The lowest BCUT2D eigenvalue weighted by atomic mass is 9.90. The van der Waals surface area contributed by atoms with Crippen molar-refractivity contribution in [3.63, 3.8) is 0 Å². The molecule has 11 nitrogen and oxygen atoms in total. The number of hydroxylamine groups is 2. The van der Waals surface area contributed by atoms with Gasteiger partial charge >= 0.3 is 5.97 Å². The van der Waals surface area contributed by atoms with Gasteiger partial charge in [-0.2, -0.15) is 0 Å². The first kappa shape index (κ1) is 25.7. The monoisotopic (exact) mass is 429 g/mol. The van der Waals surface area contributed by atoms with Crippen LogP contribution in [0.3, 0.4) is 0 Å². The molecule has 0 bridgehead atoms. The lowest BCUT2D eigenvalue weighted by Gasteiger charge is -2.19. The molecule has 0 spiro atoms. The number of nitrogens with one attached hydrogen (secondary N) is 2. The van der Waals surface area contributed by atoms with Crippen LogP contribution in [0.5, 0.6) is 0 Å². The third-order valence-electron chi connectivity index (χ3n) is 3.82. The summed E-state index contributed by atoms with van der Waals surface area (Å²) in [6.45, 7) is 5.30. The van der Waals surface area contributed by atoms with Crippen molar-refractivity contribution >= 4 is 29.5 Å². The standard InChI is InChI=1S/C19H31N3O8/c1-19(2,3)7-13(23)10-28-11-15(24)21-9-14(8-20-4)29-12-18(27)30-22-16(25)5-6-17(22)26/h14,20H,5-12H2,1-4H3,(H,21,24). The summed E-state index contributed by atoms with van der Waals surface area (Å²) in [4.78, 5) is 63.0. The Bertz CT molecular complexity index is 628. The van der Waals surface area contributed by atoms with E-state index in [-0.39, 0.29) is 43.8 Å². The van der Waals surface area contributed by atoms with Crippen molar-refractivity contribution in [1.82, 2.24) is 15.7 Å². The lowest BCUT2D eigenvalue weighted by Crippen LogP contribution is -2.42. The van der Waals surface area contributed by atoms with Gasteiger partial charge in [-0.3, -0.25) is 19.2 Å². The number of imide groups is 1. The first-order valence-electron chi connectivity index (χ1n) is 9.70. The fourth-order valence-corrected chi connectivity index (χ4v) is 2.57. The number of likely N-dealkylation sites (N-methyl/N-ethyl adjacent to an activating group) is 1. The van der Waals surface area contributed by atoms with Crippen molar-refractivity contribution in [1.29, 1.82) is 0 Å². The average molecular weight is 429 g/mol. The zero-order chi connectivity index (χ0) is 22.7. The normalized spacial score (nSPS) is 15.3. The fourth-order valence-electron chi connectivity index (χ4n) is 2.57. The fraction of sp³-hybridized carbons (Fsp3) is 0.737. The molecule has 1 heterocycles. The Morgan fingerprint density at radius 3 is 2.23 bits per heavy atom. The van der Waals surface area contributed by atoms with E-state index in [9.17, 15) is 24.0 Å². The molecule has 2 N–H and O–H groups in total. The molecule has 3 amide bonds. The van der Waals surface area contributed by atoms with Crippen molar-refractivity contribution < 1.29 is 38.3 Å². The highest BCUT2D eigenvalue weighted by Crippen LogP contribution is 2.18. The van der Waals surface area contributed by atoms with E-state index in [2.05, 4.69) is 10.6 Å². The van der Waals surface area contributed by atoms with E-state index >= 15 is 0 Å². The van der Waals surface area contributed by atoms with Gasteiger partial charge in [0.2, 0.25) is 5.91 Å². The second kappa shape index (κ2) is 12.4. The highest BCUT2D eigenvalue weighted by atomic mass is 16.7. The summed E-state index contributed by atoms with van der Waals surface area (Å²) in [5, 5.41) is 5.89. The maximum atomic E-state index is 11.9. The second-order valence-electron chi connectivity index (χ2n) is 8.11. The number of carbonyl (C=O) groups excluding carboxylic acids is 5. The van der Waals surface area contributed by atoms with Gasteiger partial charge in [0.1, 0.15) is 19.8 Å². The van der Waals surface area contributed by atoms with E-state index in [1.54, 1.807) is 7.05 Å². The van der Waals surface area contributed by atoms with Crippen molar-refractivity contribution in [3.8, 4) is 0 Å². The molecule has 0 aliphatic carbocycles. The number of hydrogen-bond acceptors (Lipinski definition) is 9. The number of amides is 3. The molecule has 1 aliphatic heterocycles. The van der Waals surface area contributed by atoms with Crippen LogP contribution in [0.15, 0.2) is 0 Å². The molecule has 0 radical (unpaired) electrons. The van der Waals surface area contributed by atoms with Crippen LogP contribution >= 0.6 is 0 Å². The van der Waals surface area contributed by atoms with Crippen LogP contribution in [0.1, 0.15) is 40.0 Å². The first-order chi connectivity index (χ1) is 14.0. The number of ketones is 1. The maximum absolute atomic E-state index is 11.9. The maximum Gasteiger partial charge on any atom is 0.358 e. The molecule has 1 unspecified atom stereocenters. The quantitative estimate of drug-likeness (QED) is 0.365. The summed E-state index contributed by atoms with van der Waals surface area (Å²) in [6, 6.07) is 0. The van der Waals surface area contributed by atoms with Crippen LogP contribution in [0.4, 0.5) is 0 Å². The molecule has 30 heavy (non-hydrogen) atoms. The van der Waals surface area contributed by atoms with Gasteiger partial charge in [-0.15, -0.1) is 5.06 Å². The second-order valence-corrected chi connectivity index (χ2v) is 8.11. The van der Waals surface area contributed by atoms with Gasteiger partial charge in [0.05, 0.1) is 6.10 Å². The predicted octanol–water partition coefficient (Wildman–Crippen LogP) is -0.664. The Kier molecular flexibility index (Phi) is 10.6. The molecule has 0 aromatic heterocycles. The van der Waals surface area contributed by atoms with Crippen molar-refractivity contribution in [3.05, 3.63) is 0 Å². The number of ether oxygens (including phenoxy) is 2. The van der Waals surface area contributed by atoms with Crippen molar-refractivity contribution in [2.75, 3.05) is 40.0 Å². The summed E-state index contributed by atoms with van der Waals surface area (Å²) in [5.41, 5.74) is -0.142. The molecule has 0 saturated carbocycles. The van der Waals surface area contributed by atoms with E-state index in [1.165, 1.54) is 0 Å². The Hall–Kier alpha value is -2.37. The van der Waals surface area contributed by atoms with E-state index in [1.807, 2.05) is 20.8 Å². The molecule has 11 heteroatoms. The molecular formula is C19H31N3O8. The van der Waals surface area contributed by atoms with E-state index in [0.29, 0.717) is 18.0 Å². The molecule has 0 aromatic rings. The van der Waals surface area contributed by atoms with Crippen LogP contribution < -0.4 is 10.6 Å². The van der Waals surface area contributed by atoms with Crippen LogP contribution in [-0.4, -0.2) is 80.6 Å². The summed E-state index contributed by atoms with van der Waals surface area (Å²) >= 11 is 0. The van der Waals surface area contributed by atoms with Crippen LogP contribution in [-0.2, 0) is 38.3 Å². The van der Waals surface area contributed by atoms with Crippen molar-refractivity contribution in [2.24, 2.45) is 5.41 Å². The molecule has 170 valence electrons. The van der Waals surface area contributed by atoms with E-state index in [4.69, 9.17) is 14.3 Å². The third-order valence-corrected chi connectivity index (χ3v) is 3.82. The number of Topliss-reactive ketones (excluding diaryl/α,β-unsaturated/α-hetero) is 1. The number of rotatable bonds is 13. The Labute approximate surface area is 175 Å². The highest BCUT2D eigenvalue weighted by molar-refractivity contribution is 6.01. The zero-order valence-corrected chi connectivity index (χ0v) is 17.9. The summed E-state index contributed by atoms with van der Waals surface area (Å²) in [7, 11) is 1.67. The van der Waals surface area contributed by atoms with Crippen LogP contribution in [0.25, 0.3) is 0 Å². The van der Waals surface area contributed by atoms with Gasteiger partial charge < -0.3 is 24.9 Å². The SMILES string of the molecule is CNCC(CNC(=O)COCC(=O)CC(C)(C)C)OCC(=O)ON1C(=O)CCC1=O. The summed E-state index contributed by atoms with van der Waals surface area (Å²) in [5.74, 6) is -2.56. The van der Waals surface area contributed by atoms with Gasteiger partial charge in [0.15, 0.2) is 5.78 Å². The minimum atomic E-state index is -0.897. The van der Waals surface area contributed by atoms with Crippen LogP contribution in [0.2, 0.25) is 0 Å². The molecule has 1 atom stereocenters. The zero-order valence-electron chi connectivity index (χ0n) is 17.9. The molecule has 1 saturated heterocycles. The largest absolute Gasteiger partial charge is 0.364 e. The smallest absolute Gasteiger partial charge is 0.358 e. The Morgan fingerprint density at radius 2 is 1.67 bits per heavy atom. The average Bonchev–Trinajstić information content (AvgIpc) is 2.94. The summed E-state index contributed by atoms with van der Waals surface area (Å²) < 4.78 is 10.5. The van der Waals surface area contributed by atoms with Gasteiger partial charge in [-0.1, -0.05) is 20.8 Å². The van der Waals surface area contributed by atoms with Gasteiger partial charge in [0.25, 0.3) is 11.8 Å². The predicted molar refractivity (Wildman–Crippen MR) is 104 cm³/mol. The van der Waals surface area contributed by atoms with Crippen molar-refractivity contribution in [2.45, 2.75) is 46.1 Å². The van der Waals surface area contributed by atoms with Crippen LogP contribution in [0, 0.1) is 5.41 Å². The molecule has 1 rings (SSSR count). The number of hydrogen-bond donors (Lipinski definition) is 2. The first-order valence-corrected chi connectivity index (χ1v) is 9.70. The Morgan fingerprint density at radius 1 is 1.03 bits per heavy atom. The number of carbonyl (C=O) groups is 5. The van der Waals surface area contributed by atoms with Gasteiger partial charge in [-0.25, -0.2) is 4.79 Å². The van der Waals surface area contributed by atoms with Gasteiger partial charge in [0, 0.05) is 32.4 Å². The Balaban J connectivity index is 2.29. The van der Waals surface area contributed by atoms with E-state index < -0.39 is 36.4 Å².